The molecular formula is C22H28F3NO4S. The molecule has 1 aromatic rings. The van der Waals surface area contributed by atoms with Gasteiger partial charge in [-0.05, 0) is 74.2 Å². The topological polar surface area (TPSA) is 55.8 Å². The van der Waals surface area contributed by atoms with Gasteiger partial charge in [-0.15, -0.1) is 0 Å². The van der Waals surface area contributed by atoms with Crippen molar-refractivity contribution in [1.29, 1.82) is 0 Å². The maximum atomic E-state index is 12.8. The molecule has 5 rings (SSSR count). The second-order valence-electron chi connectivity index (χ2n) is 9.46. The highest BCUT2D eigenvalue weighted by molar-refractivity contribution is 7.88. The summed E-state index contributed by atoms with van der Waals surface area (Å²) in [7, 11) is -5.67. The van der Waals surface area contributed by atoms with Crippen molar-refractivity contribution in [1.82, 2.24) is 4.90 Å². The van der Waals surface area contributed by atoms with Gasteiger partial charge >= 0.3 is 15.6 Å². The molecule has 0 N–H and O–H groups in total. The fourth-order valence-corrected chi connectivity index (χ4v) is 7.02. The van der Waals surface area contributed by atoms with Crippen molar-refractivity contribution >= 4 is 10.1 Å². The van der Waals surface area contributed by atoms with Gasteiger partial charge in [0.15, 0.2) is 0 Å². The number of halogens is 3. The Morgan fingerprint density at radius 1 is 1.16 bits per heavy atom. The van der Waals surface area contributed by atoms with Crippen molar-refractivity contribution < 1.29 is 30.5 Å². The van der Waals surface area contributed by atoms with Crippen LogP contribution in [0.2, 0.25) is 0 Å². The monoisotopic (exact) mass is 459 g/mol. The molecule has 172 valence electrons. The molecular weight excluding hydrogens is 431 g/mol. The Bertz CT molecular complexity index is 945. The lowest BCUT2D eigenvalue weighted by atomic mass is 9.52. The third kappa shape index (κ3) is 3.66. The van der Waals surface area contributed by atoms with E-state index in [2.05, 4.69) is 9.08 Å². The van der Waals surface area contributed by atoms with Crippen LogP contribution < -0.4 is 4.18 Å². The summed E-state index contributed by atoms with van der Waals surface area (Å²) in [5.74, 6) is 0.188. The third-order valence-corrected chi connectivity index (χ3v) is 8.85. The summed E-state index contributed by atoms with van der Waals surface area (Å²) in [6, 6.07) is 5.10. The van der Waals surface area contributed by atoms with Crippen LogP contribution in [0.5, 0.6) is 5.75 Å². The molecule has 3 fully saturated rings. The molecule has 2 heterocycles. The lowest BCUT2D eigenvalue weighted by molar-refractivity contribution is -0.0500. The second-order valence-corrected chi connectivity index (χ2v) is 11.0. The van der Waals surface area contributed by atoms with Gasteiger partial charge in [0, 0.05) is 24.6 Å². The van der Waals surface area contributed by atoms with E-state index in [0.29, 0.717) is 18.1 Å². The average Bonchev–Trinajstić information content (AvgIpc) is 3.22. The Hall–Kier alpha value is -1.32. The highest BCUT2D eigenvalue weighted by Gasteiger charge is 2.54. The van der Waals surface area contributed by atoms with Gasteiger partial charge < -0.3 is 8.92 Å². The van der Waals surface area contributed by atoms with E-state index in [0.717, 1.165) is 82.2 Å². The first-order valence-corrected chi connectivity index (χ1v) is 12.6. The molecule has 2 bridgehead atoms. The number of ether oxygens (including phenoxy) is 1. The molecule has 9 heteroatoms. The van der Waals surface area contributed by atoms with Crippen molar-refractivity contribution in [3.8, 4) is 5.75 Å². The molecule has 5 nitrogen and oxygen atoms in total. The Labute approximate surface area is 181 Å². The zero-order valence-corrected chi connectivity index (χ0v) is 18.2. The highest BCUT2D eigenvalue weighted by Crippen LogP contribution is 2.56. The first-order valence-electron chi connectivity index (χ1n) is 11.2. The van der Waals surface area contributed by atoms with Crippen LogP contribution in [-0.2, 0) is 26.7 Å². The SMILES string of the molecule is O=S(=O)(Oc1ccc2c(c1)[C@@]13CCCC[C@H]1[C@@H](C2)N(C[C@@H]1CCCO1)CC3)C(F)(F)F. The van der Waals surface area contributed by atoms with Crippen molar-refractivity contribution in [2.75, 3.05) is 19.7 Å². The Morgan fingerprint density at radius 3 is 2.74 bits per heavy atom. The molecule has 2 aliphatic heterocycles. The van der Waals surface area contributed by atoms with Crippen LogP contribution in [0.15, 0.2) is 18.2 Å². The van der Waals surface area contributed by atoms with E-state index in [-0.39, 0.29) is 11.2 Å². The average molecular weight is 460 g/mol. The molecule has 0 amide bonds. The first-order chi connectivity index (χ1) is 14.7. The zero-order chi connectivity index (χ0) is 21.9. The predicted octanol–water partition coefficient (Wildman–Crippen LogP) is 4.15. The van der Waals surface area contributed by atoms with Crippen molar-refractivity contribution in [3.05, 3.63) is 29.3 Å². The van der Waals surface area contributed by atoms with Gasteiger partial charge in [0.1, 0.15) is 5.75 Å². The number of hydrogen-bond acceptors (Lipinski definition) is 5. The standard InChI is InChI=1S/C22H28F3NO4S/c23-22(24,25)31(27,28)30-16-7-6-15-12-20-18-5-1-2-8-21(18,19(15)13-16)9-10-26(20)14-17-4-3-11-29-17/h6-7,13,17-18,20H,1-5,8-12,14H2/t17-,18-,20+,21+/m0/s1. The van der Waals surface area contributed by atoms with Crippen LogP contribution in [0.25, 0.3) is 0 Å². The van der Waals surface area contributed by atoms with Gasteiger partial charge in [-0.3, -0.25) is 4.90 Å². The van der Waals surface area contributed by atoms with Crippen LogP contribution in [0.3, 0.4) is 0 Å². The number of likely N-dealkylation sites (tertiary alicyclic amines) is 1. The third-order valence-electron chi connectivity index (χ3n) is 7.87. The normalized spacial score (nSPS) is 33.6. The molecule has 0 radical (unpaired) electrons. The molecule has 1 aromatic carbocycles. The number of hydrogen-bond donors (Lipinski definition) is 0. The Balaban J connectivity index is 1.47. The largest absolute Gasteiger partial charge is 0.534 e. The number of rotatable bonds is 4. The summed E-state index contributed by atoms with van der Waals surface area (Å²) in [6.45, 7) is 2.72. The van der Waals surface area contributed by atoms with Crippen molar-refractivity contribution in [2.24, 2.45) is 5.92 Å². The summed E-state index contributed by atoms with van der Waals surface area (Å²) >= 11 is 0. The summed E-state index contributed by atoms with van der Waals surface area (Å²) in [5, 5.41) is 0. The Kier molecular flexibility index (Phi) is 5.29. The number of alkyl halides is 3. The highest BCUT2D eigenvalue weighted by atomic mass is 32.2. The fraction of sp³-hybridized carbons (Fsp3) is 0.727. The van der Waals surface area contributed by atoms with Gasteiger partial charge in [0.2, 0.25) is 0 Å². The van der Waals surface area contributed by atoms with Gasteiger partial charge in [0.05, 0.1) is 6.10 Å². The summed E-state index contributed by atoms with van der Waals surface area (Å²) in [4.78, 5) is 2.58. The molecule has 4 aliphatic rings. The second kappa shape index (κ2) is 7.63. The van der Waals surface area contributed by atoms with Crippen LogP contribution in [0.4, 0.5) is 13.2 Å². The molecule has 0 spiro atoms. The predicted molar refractivity (Wildman–Crippen MR) is 108 cm³/mol. The van der Waals surface area contributed by atoms with Gasteiger partial charge in [-0.2, -0.15) is 21.6 Å². The van der Waals surface area contributed by atoms with E-state index in [9.17, 15) is 21.6 Å². The van der Waals surface area contributed by atoms with E-state index in [1.54, 1.807) is 12.1 Å². The lowest BCUT2D eigenvalue weighted by Crippen LogP contribution is -2.61. The summed E-state index contributed by atoms with van der Waals surface area (Å²) in [5.41, 5.74) is -3.44. The van der Waals surface area contributed by atoms with Crippen LogP contribution in [-0.4, -0.2) is 50.7 Å². The van der Waals surface area contributed by atoms with Gasteiger partial charge in [-0.1, -0.05) is 18.9 Å². The molecule has 2 aliphatic carbocycles. The lowest BCUT2D eigenvalue weighted by Gasteiger charge is -2.59. The Morgan fingerprint density at radius 2 is 2.00 bits per heavy atom. The van der Waals surface area contributed by atoms with E-state index in [1.807, 2.05) is 0 Å². The quantitative estimate of drug-likeness (QED) is 0.500. The molecule has 31 heavy (non-hydrogen) atoms. The molecule has 0 unspecified atom stereocenters. The maximum absolute atomic E-state index is 12.8. The number of nitrogens with zero attached hydrogens (tertiary/aromatic N) is 1. The van der Waals surface area contributed by atoms with E-state index in [4.69, 9.17) is 4.74 Å². The number of benzene rings is 1. The van der Waals surface area contributed by atoms with Gasteiger partial charge in [-0.25, -0.2) is 0 Å². The smallest absolute Gasteiger partial charge is 0.377 e. The fourth-order valence-electron chi connectivity index (χ4n) is 6.57. The minimum Gasteiger partial charge on any atom is -0.377 e. The van der Waals surface area contributed by atoms with Crippen molar-refractivity contribution in [3.63, 3.8) is 0 Å². The van der Waals surface area contributed by atoms with Crippen LogP contribution in [0.1, 0.15) is 56.1 Å². The van der Waals surface area contributed by atoms with E-state index < -0.39 is 15.6 Å². The minimum atomic E-state index is -5.67. The molecule has 4 atom stereocenters. The van der Waals surface area contributed by atoms with E-state index >= 15 is 0 Å². The van der Waals surface area contributed by atoms with E-state index in [1.165, 1.54) is 6.07 Å². The molecule has 0 aromatic heterocycles. The summed E-state index contributed by atoms with van der Waals surface area (Å²) in [6.07, 6.45) is 8.60. The minimum absolute atomic E-state index is 0.106. The van der Waals surface area contributed by atoms with Crippen molar-refractivity contribution in [2.45, 2.75) is 74.4 Å². The molecule has 1 saturated carbocycles. The summed E-state index contributed by atoms with van der Waals surface area (Å²) < 4.78 is 71.8. The maximum Gasteiger partial charge on any atom is 0.534 e. The number of fused-ring (bicyclic) bond motifs is 1. The number of piperidine rings is 1. The van der Waals surface area contributed by atoms with Crippen LogP contribution in [0, 0.1) is 5.92 Å². The van der Waals surface area contributed by atoms with Crippen LogP contribution >= 0.6 is 0 Å². The van der Waals surface area contributed by atoms with Gasteiger partial charge in [0.25, 0.3) is 0 Å². The molecule has 2 saturated heterocycles. The first kappa shape index (κ1) is 21.5. The zero-order valence-electron chi connectivity index (χ0n) is 17.4.